The summed E-state index contributed by atoms with van der Waals surface area (Å²) in [5.74, 6) is 0.213. The monoisotopic (exact) mass is 355 g/mol. The first-order valence-electron chi connectivity index (χ1n) is 7.26. The fourth-order valence-corrected chi connectivity index (χ4v) is 2.94. The molecular weight excluding hydrogens is 334 g/mol. The lowest BCUT2D eigenvalue weighted by Crippen LogP contribution is -2.41. The number of hydrogen-bond acceptors (Lipinski definition) is 3. The number of phenolic OH excluding ortho intramolecular Hbond substituents is 1. The third-order valence-corrected chi connectivity index (χ3v) is 3.98. The van der Waals surface area contributed by atoms with E-state index in [1.807, 2.05) is 32.9 Å². The van der Waals surface area contributed by atoms with Gasteiger partial charge in [0.05, 0.1) is 6.04 Å². The molecule has 0 aromatic heterocycles. The van der Waals surface area contributed by atoms with Crippen LogP contribution in [0.1, 0.15) is 51.6 Å². The van der Waals surface area contributed by atoms with E-state index in [1.165, 1.54) is 0 Å². The van der Waals surface area contributed by atoms with Gasteiger partial charge in [-0.05, 0) is 52.2 Å². The van der Waals surface area contributed by atoms with Crippen molar-refractivity contribution in [2.75, 3.05) is 6.54 Å². The van der Waals surface area contributed by atoms with Crippen molar-refractivity contribution in [2.45, 2.75) is 51.7 Å². The van der Waals surface area contributed by atoms with Crippen LogP contribution in [0.25, 0.3) is 0 Å². The molecule has 0 unspecified atom stereocenters. The van der Waals surface area contributed by atoms with Crippen LogP contribution in [0, 0.1) is 0 Å². The van der Waals surface area contributed by atoms with Gasteiger partial charge in [-0.25, -0.2) is 4.79 Å². The Morgan fingerprint density at radius 1 is 1.38 bits per heavy atom. The fraction of sp³-hybridized carbons (Fsp3) is 0.562. The Hall–Kier alpha value is -1.23. The highest BCUT2D eigenvalue weighted by molar-refractivity contribution is 9.10. The van der Waals surface area contributed by atoms with Gasteiger partial charge in [0.25, 0.3) is 0 Å². The van der Waals surface area contributed by atoms with Crippen LogP contribution < -0.4 is 0 Å². The molecule has 0 radical (unpaired) electrons. The molecule has 4 nitrogen and oxygen atoms in total. The van der Waals surface area contributed by atoms with Gasteiger partial charge in [0, 0.05) is 16.6 Å². The molecule has 1 fully saturated rings. The number of likely N-dealkylation sites (tertiary alicyclic amines) is 1. The normalized spacial score (nSPS) is 19.4. The van der Waals surface area contributed by atoms with Crippen LogP contribution in [-0.2, 0) is 4.74 Å². The van der Waals surface area contributed by atoms with Crippen LogP contribution in [0.15, 0.2) is 22.7 Å². The Morgan fingerprint density at radius 2 is 2.10 bits per heavy atom. The summed E-state index contributed by atoms with van der Waals surface area (Å²) in [4.78, 5) is 14.1. The van der Waals surface area contributed by atoms with Crippen LogP contribution in [-0.4, -0.2) is 28.2 Å². The number of amides is 1. The van der Waals surface area contributed by atoms with Crippen molar-refractivity contribution in [3.05, 3.63) is 28.2 Å². The van der Waals surface area contributed by atoms with Crippen molar-refractivity contribution in [3.63, 3.8) is 0 Å². The van der Waals surface area contributed by atoms with Gasteiger partial charge >= 0.3 is 6.09 Å². The summed E-state index contributed by atoms with van der Waals surface area (Å²) in [5.41, 5.74) is 0.268. The number of piperidine rings is 1. The summed E-state index contributed by atoms with van der Waals surface area (Å²) in [6.45, 7) is 6.25. The highest BCUT2D eigenvalue weighted by atomic mass is 79.9. The summed E-state index contributed by atoms with van der Waals surface area (Å²) in [5, 5.41) is 10.2. The molecule has 0 bridgehead atoms. The zero-order chi connectivity index (χ0) is 15.6. The standard InChI is InChI=1S/C16H22BrNO3/c1-16(2,3)21-15(20)18-9-5-4-6-13(18)12-8-7-11(17)10-14(12)19/h7-8,10,13,19H,4-6,9H2,1-3H3/t13-/m0/s1. The SMILES string of the molecule is CC(C)(C)OC(=O)N1CCCC[C@H]1c1ccc(Br)cc1O. The molecule has 21 heavy (non-hydrogen) atoms. The minimum Gasteiger partial charge on any atom is -0.508 e. The Kier molecular flexibility index (Phi) is 4.81. The topological polar surface area (TPSA) is 49.8 Å². The Bertz CT molecular complexity index is 525. The predicted octanol–water partition coefficient (Wildman–Crippen LogP) is 4.62. The summed E-state index contributed by atoms with van der Waals surface area (Å²) >= 11 is 3.34. The van der Waals surface area contributed by atoms with E-state index in [0.717, 1.165) is 29.3 Å². The summed E-state index contributed by atoms with van der Waals surface area (Å²) < 4.78 is 6.31. The second kappa shape index (κ2) is 6.26. The number of ether oxygens (including phenoxy) is 1. The number of benzene rings is 1. The van der Waals surface area contributed by atoms with Crippen LogP contribution in [0.2, 0.25) is 0 Å². The van der Waals surface area contributed by atoms with Crippen LogP contribution in [0.4, 0.5) is 4.79 Å². The Labute approximate surface area is 134 Å². The maximum atomic E-state index is 12.4. The molecule has 0 aliphatic carbocycles. The third-order valence-electron chi connectivity index (χ3n) is 3.48. The first-order valence-corrected chi connectivity index (χ1v) is 8.05. The highest BCUT2D eigenvalue weighted by Gasteiger charge is 2.32. The van der Waals surface area contributed by atoms with Crippen LogP contribution in [0.5, 0.6) is 5.75 Å². The molecule has 1 saturated heterocycles. The first-order chi connectivity index (χ1) is 9.78. The molecule has 1 N–H and O–H groups in total. The van der Waals surface area contributed by atoms with Gasteiger partial charge < -0.3 is 14.7 Å². The molecule has 1 amide bonds. The Balaban J connectivity index is 2.24. The molecule has 0 saturated carbocycles. The zero-order valence-electron chi connectivity index (χ0n) is 12.7. The van der Waals surface area contributed by atoms with Gasteiger partial charge in [0.1, 0.15) is 11.4 Å². The van der Waals surface area contributed by atoms with E-state index in [9.17, 15) is 9.90 Å². The number of phenols is 1. The van der Waals surface area contributed by atoms with E-state index in [0.29, 0.717) is 6.54 Å². The van der Waals surface area contributed by atoms with E-state index in [1.54, 1.807) is 11.0 Å². The number of halogens is 1. The fourth-order valence-electron chi connectivity index (χ4n) is 2.59. The van der Waals surface area contributed by atoms with E-state index in [-0.39, 0.29) is 17.9 Å². The van der Waals surface area contributed by atoms with Crippen LogP contribution in [0.3, 0.4) is 0 Å². The van der Waals surface area contributed by atoms with Gasteiger partial charge in [-0.15, -0.1) is 0 Å². The van der Waals surface area contributed by atoms with E-state index >= 15 is 0 Å². The molecule has 1 heterocycles. The van der Waals surface area contributed by atoms with Crippen molar-refractivity contribution in [1.82, 2.24) is 4.90 Å². The first kappa shape index (κ1) is 16.1. The van der Waals surface area contributed by atoms with E-state index < -0.39 is 5.60 Å². The third kappa shape index (κ3) is 4.13. The molecule has 1 atom stereocenters. The maximum Gasteiger partial charge on any atom is 0.410 e. The molecule has 1 aromatic carbocycles. The minimum absolute atomic E-state index is 0.123. The number of nitrogens with zero attached hydrogens (tertiary/aromatic N) is 1. The predicted molar refractivity (Wildman–Crippen MR) is 85.3 cm³/mol. The lowest BCUT2D eigenvalue weighted by Gasteiger charge is -2.37. The summed E-state index contributed by atoms with van der Waals surface area (Å²) in [7, 11) is 0. The quantitative estimate of drug-likeness (QED) is 0.799. The van der Waals surface area contributed by atoms with Crippen LogP contribution >= 0.6 is 15.9 Å². The van der Waals surface area contributed by atoms with Crippen molar-refractivity contribution in [3.8, 4) is 5.75 Å². The lowest BCUT2D eigenvalue weighted by atomic mass is 9.95. The Morgan fingerprint density at radius 3 is 2.71 bits per heavy atom. The molecule has 1 aliphatic rings. The van der Waals surface area contributed by atoms with Gasteiger partial charge in [0.15, 0.2) is 0 Å². The number of carbonyl (C=O) groups is 1. The average Bonchev–Trinajstić information content (AvgIpc) is 2.37. The molecule has 116 valence electrons. The number of hydrogen-bond donors (Lipinski definition) is 1. The molecule has 2 rings (SSSR count). The van der Waals surface area contributed by atoms with Gasteiger partial charge in [0.2, 0.25) is 0 Å². The van der Waals surface area contributed by atoms with E-state index in [2.05, 4.69) is 15.9 Å². The zero-order valence-corrected chi connectivity index (χ0v) is 14.3. The minimum atomic E-state index is -0.513. The molecular formula is C16H22BrNO3. The summed E-state index contributed by atoms with van der Waals surface area (Å²) in [6.07, 6.45) is 2.54. The number of carbonyl (C=O) groups excluding carboxylic acids is 1. The smallest absolute Gasteiger partial charge is 0.410 e. The van der Waals surface area contributed by atoms with Crippen molar-refractivity contribution >= 4 is 22.0 Å². The van der Waals surface area contributed by atoms with E-state index in [4.69, 9.17) is 4.74 Å². The molecule has 1 aromatic rings. The highest BCUT2D eigenvalue weighted by Crippen LogP contribution is 2.37. The van der Waals surface area contributed by atoms with Gasteiger partial charge in [-0.1, -0.05) is 22.0 Å². The molecule has 5 heteroatoms. The van der Waals surface area contributed by atoms with Crippen molar-refractivity contribution in [2.24, 2.45) is 0 Å². The second-order valence-corrected chi connectivity index (χ2v) is 7.30. The second-order valence-electron chi connectivity index (χ2n) is 6.39. The van der Waals surface area contributed by atoms with Gasteiger partial charge in [-0.3, -0.25) is 0 Å². The number of aromatic hydroxyl groups is 1. The number of rotatable bonds is 1. The molecule has 1 aliphatic heterocycles. The van der Waals surface area contributed by atoms with Crippen molar-refractivity contribution < 1.29 is 14.6 Å². The largest absolute Gasteiger partial charge is 0.508 e. The van der Waals surface area contributed by atoms with Gasteiger partial charge in [-0.2, -0.15) is 0 Å². The van der Waals surface area contributed by atoms with Crippen molar-refractivity contribution in [1.29, 1.82) is 0 Å². The maximum absolute atomic E-state index is 12.4. The molecule has 0 spiro atoms. The lowest BCUT2D eigenvalue weighted by molar-refractivity contribution is 0.00931. The summed E-state index contributed by atoms with van der Waals surface area (Å²) in [6, 6.07) is 5.29. The average molecular weight is 356 g/mol.